The van der Waals surface area contributed by atoms with Gasteiger partial charge in [0.1, 0.15) is 0 Å². The molecular formula is C43H46. The van der Waals surface area contributed by atoms with Crippen LogP contribution in [-0.4, -0.2) is 0 Å². The van der Waals surface area contributed by atoms with Gasteiger partial charge in [0, 0.05) is 0 Å². The maximum atomic E-state index is 2.48. The van der Waals surface area contributed by atoms with Crippen LogP contribution in [0.4, 0.5) is 0 Å². The first-order valence-corrected chi connectivity index (χ1v) is 15.8. The third-order valence-corrected chi connectivity index (χ3v) is 9.25. The van der Waals surface area contributed by atoms with E-state index in [9.17, 15) is 0 Å². The van der Waals surface area contributed by atoms with Crippen LogP contribution in [0.25, 0.3) is 44.5 Å². The first kappa shape index (κ1) is 29.2. The number of benzene rings is 5. The molecule has 0 heterocycles. The molecule has 5 aromatic carbocycles. The van der Waals surface area contributed by atoms with Crippen molar-refractivity contribution in [1.29, 1.82) is 0 Å². The third-order valence-electron chi connectivity index (χ3n) is 9.25. The zero-order chi connectivity index (χ0) is 30.7. The average Bonchev–Trinajstić information content (AvgIpc) is 3.33. The van der Waals surface area contributed by atoms with E-state index >= 15 is 0 Å². The summed E-state index contributed by atoms with van der Waals surface area (Å²) in [5.41, 5.74) is 17.8. The van der Waals surface area contributed by atoms with Crippen molar-refractivity contribution in [3.63, 3.8) is 0 Å². The predicted octanol–water partition coefficient (Wildman–Crippen LogP) is 12.2. The maximum Gasteiger partial charge on any atom is -0.000705 e. The summed E-state index contributed by atoms with van der Waals surface area (Å²) in [7, 11) is 0. The molecule has 0 bridgehead atoms. The van der Waals surface area contributed by atoms with E-state index in [1.807, 2.05) is 0 Å². The van der Waals surface area contributed by atoms with Crippen LogP contribution >= 0.6 is 0 Å². The van der Waals surface area contributed by atoms with E-state index in [1.165, 1.54) is 72.3 Å². The summed E-state index contributed by atoms with van der Waals surface area (Å²) in [6.45, 7) is 20.6. The highest BCUT2D eigenvalue weighted by Crippen LogP contribution is 2.50. The van der Waals surface area contributed by atoms with E-state index in [0.29, 0.717) is 0 Å². The Balaban J connectivity index is 1.68. The van der Waals surface area contributed by atoms with Gasteiger partial charge in [0.15, 0.2) is 0 Å². The summed E-state index contributed by atoms with van der Waals surface area (Å²) in [5.74, 6) is 0. The minimum atomic E-state index is 0.106. The van der Waals surface area contributed by atoms with E-state index in [1.54, 1.807) is 0 Å². The molecule has 6 rings (SSSR count). The lowest BCUT2D eigenvalue weighted by Crippen LogP contribution is -2.11. The van der Waals surface area contributed by atoms with E-state index in [-0.39, 0.29) is 16.2 Å². The minimum absolute atomic E-state index is 0.106. The highest BCUT2D eigenvalue weighted by Gasteiger charge is 2.28. The molecule has 0 unspecified atom stereocenters. The van der Waals surface area contributed by atoms with Crippen molar-refractivity contribution in [1.82, 2.24) is 0 Å². The van der Waals surface area contributed by atoms with Crippen LogP contribution < -0.4 is 0 Å². The fraction of sp³-hybridized carbons (Fsp3) is 0.302. The SMILES string of the molecule is CC(C)(C)c1ccc(-c2cc3c(c(-c4ccc(C(C)(C)C)cc4)c2-c2ccc(C(C)(C)C)cc2)Cc2ccccc2-3)cc1. The van der Waals surface area contributed by atoms with Gasteiger partial charge >= 0.3 is 0 Å². The highest BCUT2D eigenvalue weighted by atomic mass is 14.3. The van der Waals surface area contributed by atoms with Gasteiger partial charge in [-0.3, -0.25) is 0 Å². The number of hydrogen-bond acceptors (Lipinski definition) is 0. The molecule has 0 N–H and O–H groups in total. The smallest absolute Gasteiger partial charge is 0.000705 e. The minimum Gasteiger partial charge on any atom is -0.0619 e. The average molecular weight is 563 g/mol. The summed E-state index contributed by atoms with van der Waals surface area (Å²) in [5, 5.41) is 0. The van der Waals surface area contributed by atoms with Crippen molar-refractivity contribution in [2.45, 2.75) is 85.0 Å². The van der Waals surface area contributed by atoms with E-state index < -0.39 is 0 Å². The van der Waals surface area contributed by atoms with Gasteiger partial charge in [-0.1, -0.05) is 159 Å². The summed E-state index contributed by atoms with van der Waals surface area (Å²) in [4.78, 5) is 0. The molecule has 0 amide bonds. The molecule has 0 atom stereocenters. The van der Waals surface area contributed by atoms with Gasteiger partial charge in [0.05, 0.1) is 0 Å². The number of hydrogen-bond donors (Lipinski definition) is 0. The second kappa shape index (κ2) is 10.4. The molecule has 0 fully saturated rings. The van der Waals surface area contributed by atoms with Gasteiger partial charge in [-0.15, -0.1) is 0 Å². The third kappa shape index (κ3) is 5.49. The Morgan fingerprint density at radius 2 is 0.814 bits per heavy atom. The van der Waals surface area contributed by atoms with Crippen molar-refractivity contribution in [3.05, 3.63) is 131 Å². The number of rotatable bonds is 3. The van der Waals surface area contributed by atoms with E-state index in [4.69, 9.17) is 0 Å². The molecule has 43 heavy (non-hydrogen) atoms. The van der Waals surface area contributed by atoms with Gasteiger partial charge in [0.2, 0.25) is 0 Å². The predicted molar refractivity (Wildman–Crippen MR) is 187 cm³/mol. The van der Waals surface area contributed by atoms with Crippen LogP contribution in [0.3, 0.4) is 0 Å². The first-order chi connectivity index (χ1) is 20.2. The maximum absolute atomic E-state index is 2.48. The molecule has 5 aromatic rings. The van der Waals surface area contributed by atoms with Crippen LogP contribution in [0.15, 0.2) is 103 Å². The quantitative estimate of drug-likeness (QED) is 0.201. The molecule has 218 valence electrons. The molecule has 0 nitrogen and oxygen atoms in total. The lowest BCUT2D eigenvalue weighted by atomic mass is 9.79. The van der Waals surface area contributed by atoms with Crippen molar-refractivity contribution < 1.29 is 0 Å². The molecule has 0 radical (unpaired) electrons. The Bertz CT molecular complexity index is 1770. The molecule has 0 spiro atoms. The second-order valence-corrected chi connectivity index (χ2v) is 15.5. The van der Waals surface area contributed by atoms with Crippen LogP contribution in [0.5, 0.6) is 0 Å². The normalized spacial score (nSPS) is 13.1. The van der Waals surface area contributed by atoms with E-state index in [2.05, 4.69) is 165 Å². The molecule has 0 saturated heterocycles. The molecule has 1 aliphatic carbocycles. The van der Waals surface area contributed by atoms with Crippen molar-refractivity contribution in [2.24, 2.45) is 0 Å². The molecular weight excluding hydrogens is 516 g/mol. The second-order valence-electron chi connectivity index (χ2n) is 15.5. The fourth-order valence-corrected chi connectivity index (χ4v) is 6.55. The lowest BCUT2D eigenvalue weighted by Gasteiger charge is -2.24. The summed E-state index contributed by atoms with van der Waals surface area (Å²) in [6.07, 6.45) is 0.957. The van der Waals surface area contributed by atoms with E-state index in [0.717, 1.165) is 6.42 Å². The monoisotopic (exact) mass is 562 g/mol. The Kier molecular flexibility index (Phi) is 7.04. The van der Waals surface area contributed by atoms with Gasteiger partial charge in [-0.05, 0) is 101 Å². The standard InChI is InChI=1S/C43H46/c1-41(2,3)32-20-14-28(15-21-32)36-27-37-35-13-11-10-12-31(35)26-38(37)40(30-18-24-34(25-19-30)43(7,8)9)39(36)29-16-22-33(23-17-29)42(4,5)6/h10-25,27H,26H2,1-9H3. The largest absolute Gasteiger partial charge is 0.0619 e. The van der Waals surface area contributed by atoms with Crippen molar-refractivity contribution >= 4 is 0 Å². The Hall–Kier alpha value is -3.90. The molecule has 0 saturated carbocycles. The molecule has 0 aromatic heterocycles. The lowest BCUT2D eigenvalue weighted by molar-refractivity contribution is 0.590. The van der Waals surface area contributed by atoms with Crippen molar-refractivity contribution in [3.8, 4) is 44.5 Å². The van der Waals surface area contributed by atoms with Crippen LogP contribution in [0.1, 0.15) is 90.1 Å². The summed E-state index contributed by atoms with van der Waals surface area (Å²) < 4.78 is 0. The van der Waals surface area contributed by atoms with Gasteiger partial charge in [-0.2, -0.15) is 0 Å². The molecule has 0 heteroatoms. The summed E-state index contributed by atoms with van der Waals surface area (Å²) in [6, 6.07) is 39.5. The van der Waals surface area contributed by atoms with Gasteiger partial charge in [-0.25, -0.2) is 0 Å². The molecule has 1 aliphatic rings. The highest BCUT2D eigenvalue weighted by molar-refractivity contribution is 6.01. The Morgan fingerprint density at radius 3 is 1.28 bits per heavy atom. The summed E-state index contributed by atoms with van der Waals surface area (Å²) >= 11 is 0. The van der Waals surface area contributed by atoms with Crippen molar-refractivity contribution in [2.75, 3.05) is 0 Å². The Labute approximate surface area is 259 Å². The Morgan fingerprint density at radius 1 is 0.395 bits per heavy atom. The zero-order valence-electron chi connectivity index (χ0n) is 27.5. The van der Waals surface area contributed by atoms with Crippen LogP contribution in [-0.2, 0) is 22.7 Å². The zero-order valence-corrected chi connectivity index (χ0v) is 27.5. The molecule has 0 aliphatic heterocycles. The van der Waals surface area contributed by atoms with Gasteiger partial charge in [0.25, 0.3) is 0 Å². The van der Waals surface area contributed by atoms with Crippen LogP contribution in [0.2, 0.25) is 0 Å². The fourth-order valence-electron chi connectivity index (χ4n) is 6.55. The first-order valence-electron chi connectivity index (χ1n) is 15.8. The van der Waals surface area contributed by atoms with Gasteiger partial charge < -0.3 is 0 Å². The topological polar surface area (TPSA) is 0 Å². The van der Waals surface area contributed by atoms with Crippen LogP contribution in [0, 0.1) is 0 Å². The number of fused-ring (bicyclic) bond motifs is 3.